The van der Waals surface area contributed by atoms with E-state index in [0.717, 1.165) is 16.7 Å². The highest BCUT2D eigenvalue weighted by Gasteiger charge is 2.20. The number of hydrogen-bond donors (Lipinski definition) is 1. The number of rotatable bonds is 6. The maximum Gasteiger partial charge on any atom is 0.240 e. The lowest BCUT2D eigenvalue weighted by atomic mass is 9.84. The second-order valence-electron chi connectivity index (χ2n) is 9.18. The predicted octanol–water partition coefficient (Wildman–Crippen LogP) is 5.41. The van der Waals surface area contributed by atoms with Gasteiger partial charge < -0.3 is 9.53 Å². The van der Waals surface area contributed by atoms with Crippen LogP contribution in [0.5, 0.6) is 5.75 Å². The molecule has 0 heterocycles. The average Bonchev–Trinajstić information content (AvgIpc) is 2.80. The van der Waals surface area contributed by atoms with Crippen molar-refractivity contribution in [1.82, 2.24) is 0 Å². The molecule has 0 spiro atoms. The summed E-state index contributed by atoms with van der Waals surface area (Å²) >= 11 is 0. The molecule has 3 heteroatoms. The van der Waals surface area contributed by atoms with Gasteiger partial charge in [-0.1, -0.05) is 112 Å². The van der Waals surface area contributed by atoms with Gasteiger partial charge in [-0.25, -0.2) is 0 Å². The van der Waals surface area contributed by atoms with E-state index in [4.69, 9.17) is 4.43 Å². The summed E-state index contributed by atoms with van der Waals surface area (Å²) in [4.78, 5) is 0. The Hall–Kier alpha value is -3.14. The summed E-state index contributed by atoms with van der Waals surface area (Å²) in [5.74, 6) is 0.273. The minimum atomic E-state index is -1.85. The van der Waals surface area contributed by atoms with Gasteiger partial charge in [0.25, 0.3) is 0 Å². The first-order valence-corrected chi connectivity index (χ1v) is 12.7. The van der Waals surface area contributed by atoms with Crippen molar-refractivity contribution >= 4 is 19.4 Å². The molecule has 4 aromatic carbocycles. The van der Waals surface area contributed by atoms with Crippen molar-refractivity contribution < 1.29 is 9.53 Å². The summed E-state index contributed by atoms with van der Waals surface area (Å²) in [5.41, 5.74) is 4.57. The van der Waals surface area contributed by atoms with E-state index in [-0.39, 0.29) is 11.2 Å². The first-order chi connectivity index (χ1) is 15.4. The maximum atomic E-state index is 10.0. The molecule has 0 atom stereocenters. The molecule has 0 amide bonds. The minimum absolute atomic E-state index is 0.0434. The Balaban J connectivity index is 1.72. The largest absolute Gasteiger partial charge is 0.508 e. The van der Waals surface area contributed by atoms with Crippen LogP contribution in [0.1, 0.15) is 31.9 Å². The van der Waals surface area contributed by atoms with Crippen LogP contribution in [0.4, 0.5) is 0 Å². The Morgan fingerprint density at radius 2 is 1.34 bits per heavy atom. The molecule has 0 aromatic heterocycles. The summed E-state index contributed by atoms with van der Waals surface area (Å²) in [6.07, 6.45) is 0. The Kier molecular flexibility index (Phi) is 6.59. The van der Waals surface area contributed by atoms with Gasteiger partial charge in [-0.3, -0.25) is 0 Å². The molecular weight excluding hydrogens is 408 g/mol. The van der Waals surface area contributed by atoms with Gasteiger partial charge in [0.15, 0.2) is 0 Å². The van der Waals surface area contributed by atoms with E-state index in [1.54, 1.807) is 6.07 Å². The van der Waals surface area contributed by atoms with E-state index >= 15 is 0 Å². The highest BCUT2D eigenvalue weighted by molar-refractivity contribution is 6.80. The molecule has 4 aromatic rings. The molecule has 0 radical (unpaired) electrons. The standard InChI is InChI=1S/C29H30O2Si/c1-29(2,3)24-17-18-28(22-11-10-12-25(30)20-22)23(19-24)21-31-32(26-13-6-4-7-14-26)27-15-8-5-9-16-27/h4-20,30,32H,21H2,1-3H3. The minimum Gasteiger partial charge on any atom is -0.508 e. The van der Waals surface area contributed by atoms with Crippen molar-refractivity contribution in [1.29, 1.82) is 0 Å². The SMILES string of the molecule is CC(C)(C)c1ccc(-c2cccc(O)c2)c(CO[SiH](c2ccccc2)c2ccccc2)c1. The zero-order valence-electron chi connectivity index (χ0n) is 19.0. The van der Waals surface area contributed by atoms with Gasteiger partial charge in [-0.2, -0.15) is 0 Å². The molecule has 0 aliphatic carbocycles. The van der Waals surface area contributed by atoms with Gasteiger partial charge in [0, 0.05) is 0 Å². The van der Waals surface area contributed by atoms with Crippen molar-refractivity contribution in [3.05, 3.63) is 114 Å². The van der Waals surface area contributed by atoms with Gasteiger partial charge >= 0.3 is 0 Å². The molecule has 162 valence electrons. The molecule has 0 saturated carbocycles. The second kappa shape index (κ2) is 9.56. The van der Waals surface area contributed by atoms with Crippen molar-refractivity contribution in [2.45, 2.75) is 32.8 Å². The number of phenols is 1. The lowest BCUT2D eigenvalue weighted by molar-refractivity contribution is 0.322. The molecule has 0 unspecified atom stereocenters. The van der Waals surface area contributed by atoms with Gasteiger partial charge in [-0.15, -0.1) is 0 Å². The zero-order valence-corrected chi connectivity index (χ0v) is 20.1. The van der Waals surface area contributed by atoms with Crippen LogP contribution >= 0.6 is 0 Å². The summed E-state index contributed by atoms with van der Waals surface area (Å²) in [7, 11) is -1.85. The summed E-state index contributed by atoms with van der Waals surface area (Å²) in [5, 5.41) is 12.6. The van der Waals surface area contributed by atoms with Gasteiger partial charge in [0.2, 0.25) is 9.04 Å². The van der Waals surface area contributed by atoms with Crippen LogP contribution in [-0.4, -0.2) is 14.1 Å². The van der Waals surface area contributed by atoms with E-state index < -0.39 is 9.04 Å². The van der Waals surface area contributed by atoms with Gasteiger partial charge in [0.05, 0.1) is 6.61 Å². The fraction of sp³-hybridized carbons (Fsp3) is 0.172. The Morgan fingerprint density at radius 1 is 0.719 bits per heavy atom. The van der Waals surface area contributed by atoms with Crippen LogP contribution in [0.3, 0.4) is 0 Å². The molecule has 2 nitrogen and oxygen atoms in total. The molecule has 4 rings (SSSR count). The fourth-order valence-corrected chi connectivity index (χ4v) is 6.21. The third kappa shape index (κ3) is 5.18. The van der Waals surface area contributed by atoms with Crippen LogP contribution in [-0.2, 0) is 16.4 Å². The van der Waals surface area contributed by atoms with E-state index in [1.165, 1.54) is 15.9 Å². The van der Waals surface area contributed by atoms with Crippen molar-refractivity contribution in [2.24, 2.45) is 0 Å². The maximum absolute atomic E-state index is 10.0. The van der Waals surface area contributed by atoms with Crippen molar-refractivity contribution in [3.8, 4) is 16.9 Å². The molecule has 0 bridgehead atoms. The summed E-state index contributed by atoms with van der Waals surface area (Å²) < 4.78 is 6.74. The highest BCUT2D eigenvalue weighted by atomic mass is 28.3. The second-order valence-corrected chi connectivity index (χ2v) is 11.6. The Morgan fingerprint density at radius 3 is 1.91 bits per heavy atom. The fourth-order valence-electron chi connectivity index (χ4n) is 3.95. The quantitative estimate of drug-likeness (QED) is 0.408. The highest BCUT2D eigenvalue weighted by Crippen LogP contribution is 2.31. The number of aromatic hydroxyl groups is 1. The lowest BCUT2D eigenvalue weighted by Crippen LogP contribution is -2.44. The topological polar surface area (TPSA) is 29.5 Å². The number of hydrogen-bond acceptors (Lipinski definition) is 2. The number of phenolic OH excluding ortho intramolecular Hbond substituents is 1. The average molecular weight is 439 g/mol. The van der Waals surface area contributed by atoms with Crippen LogP contribution in [0.25, 0.3) is 11.1 Å². The lowest BCUT2D eigenvalue weighted by Gasteiger charge is -2.23. The van der Waals surface area contributed by atoms with Crippen molar-refractivity contribution in [2.75, 3.05) is 0 Å². The van der Waals surface area contributed by atoms with Crippen molar-refractivity contribution in [3.63, 3.8) is 0 Å². The first kappa shape index (κ1) is 22.1. The normalized spacial score (nSPS) is 11.6. The molecule has 0 fully saturated rings. The Bertz CT molecular complexity index is 1130. The molecule has 0 aliphatic rings. The molecule has 0 saturated heterocycles. The smallest absolute Gasteiger partial charge is 0.240 e. The third-order valence-corrected chi connectivity index (χ3v) is 8.22. The van der Waals surface area contributed by atoms with E-state index in [9.17, 15) is 5.11 Å². The molecule has 0 aliphatic heterocycles. The third-order valence-electron chi connectivity index (χ3n) is 5.74. The van der Waals surface area contributed by atoms with Crippen LogP contribution in [0.15, 0.2) is 103 Å². The summed E-state index contributed by atoms with van der Waals surface area (Å²) in [6.45, 7) is 7.21. The molecule has 1 N–H and O–H groups in total. The Labute approximate surface area is 192 Å². The van der Waals surface area contributed by atoms with E-state index in [0.29, 0.717) is 6.61 Å². The first-order valence-electron chi connectivity index (χ1n) is 11.1. The molecule has 32 heavy (non-hydrogen) atoms. The number of benzene rings is 4. The van der Waals surface area contributed by atoms with Crippen LogP contribution in [0.2, 0.25) is 0 Å². The van der Waals surface area contributed by atoms with Crippen LogP contribution in [0, 0.1) is 0 Å². The van der Waals surface area contributed by atoms with E-state index in [2.05, 4.69) is 87.5 Å². The van der Waals surface area contributed by atoms with Crippen LogP contribution < -0.4 is 10.4 Å². The monoisotopic (exact) mass is 438 g/mol. The zero-order chi connectivity index (χ0) is 22.6. The molecular formula is C29H30O2Si. The van der Waals surface area contributed by atoms with Gasteiger partial charge in [-0.05, 0) is 50.2 Å². The van der Waals surface area contributed by atoms with E-state index in [1.807, 2.05) is 30.3 Å². The summed E-state index contributed by atoms with van der Waals surface area (Å²) in [6, 6.07) is 35.2. The van der Waals surface area contributed by atoms with Gasteiger partial charge in [0.1, 0.15) is 5.75 Å². The predicted molar refractivity (Wildman–Crippen MR) is 136 cm³/mol.